The molecule has 1 heterocycles. The van der Waals surface area contributed by atoms with E-state index in [0.29, 0.717) is 18.8 Å². The third-order valence-corrected chi connectivity index (χ3v) is 5.96. The third-order valence-electron chi connectivity index (χ3n) is 5.96. The van der Waals surface area contributed by atoms with Gasteiger partial charge in [0.05, 0.1) is 7.11 Å². The third kappa shape index (κ3) is 3.92. The number of para-hydroxylation sites is 3. The normalized spacial score (nSPS) is 20.9. The lowest BCUT2D eigenvalue weighted by Gasteiger charge is -2.26. The molecular weight excluding hydrogens is 380 g/mol. The van der Waals surface area contributed by atoms with Crippen molar-refractivity contribution >= 4 is 0 Å². The molecule has 30 heavy (non-hydrogen) atoms. The summed E-state index contributed by atoms with van der Waals surface area (Å²) in [5.74, 6) is 1.17. The Morgan fingerprint density at radius 3 is 1.80 bits per heavy atom. The average Bonchev–Trinajstić information content (AvgIpc) is 3.13. The van der Waals surface area contributed by atoms with Crippen LogP contribution < -0.4 is 14.5 Å². The Balaban J connectivity index is 1.70. The van der Waals surface area contributed by atoms with Crippen LogP contribution in [0.5, 0.6) is 23.0 Å². The fourth-order valence-electron chi connectivity index (χ4n) is 4.47. The number of aromatic hydroxyl groups is 3. The van der Waals surface area contributed by atoms with E-state index in [9.17, 15) is 15.3 Å². The number of phenols is 3. The lowest BCUT2D eigenvalue weighted by atomic mass is 10.1. The van der Waals surface area contributed by atoms with Gasteiger partial charge in [-0.3, -0.25) is 9.80 Å². The lowest BCUT2D eigenvalue weighted by Crippen LogP contribution is -3.22. The van der Waals surface area contributed by atoms with Gasteiger partial charge < -0.3 is 20.1 Å². The number of ether oxygens (including phenoxy) is 1. The van der Waals surface area contributed by atoms with Gasteiger partial charge in [0.1, 0.15) is 43.2 Å². The van der Waals surface area contributed by atoms with Gasteiger partial charge in [0.2, 0.25) is 6.17 Å². The van der Waals surface area contributed by atoms with Crippen molar-refractivity contribution in [2.75, 3.05) is 20.2 Å². The van der Waals surface area contributed by atoms with Crippen molar-refractivity contribution in [3.05, 3.63) is 83.4 Å². The van der Waals surface area contributed by atoms with E-state index in [1.54, 1.807) is 25.3 Å². The quantitative estimate of drug-likeness (QED) is 0.422. The zero-order chi connectivity index (χ0) is 21.1. The fourth-order valence-corrected chi connectivity index (χ4v) is 4.47. The molecule has 0 aromatic heterocycles. The van der Waals surface area contributed by atoms with Crippen LogP contribution in [0.1, 0.15) is 22.9 Å². The van der Waals surface area contributed by atoms with E-state index < -0.39 is 0 Å². The van der Waals surface area contributed by atoms with Gasteiger partial charge in [0.25, 0.3) is 0 Å². The van der Waals surface area contributed by atoms with Crippen molar-refractivity contribution in [2.24, 2.45) is 0 Å². The molecule has 5 N–H and O–H groups in total. The molecule has 3 aromatic carbocycles. The van der Waals surface area contributed by atoms with Gasteiger partial charge in [-0.25, -0.2) is 0 Å². The molecule has 2 atom stereocenters. The second kappa shape index (κ2) is 8.65. The largest absolute Gasteiger partial charge is 0.507 e. The van der Waals surface area contributed by atoms with Gasteiger partial charge in [-0.15, -0.1) is 0 Å². The molecule has 3 aromatic rings. The molecule has 0 saturated carbocycles. The number of quaternary nitrogens is 2. The standard InChI is InChI=1S/C24H26N2O4/c1-30-22-12-6-9-19(23(22)29)24-25(15-17-7-2-4-10-20(17)27)13-14-26(24)16-18-8-3-5-11-21(18)28/h2-12,24,27-29H,13-16H2,1H3/p+2. The van der Waals surface area contributed by atoms with Crippen molar-refractivity contribution in [2.45, 2.75) is 19.3 Å². The van der Waals surface area contributed by atoms with E-state index in [2.05, 4.69) is 0 Å². The van der Waals surface area contributed by atoms with E-state index in [0.717, 1.165) is 29.8 Å². The van der Waals surface area contributed by atoms with E-state index in [1.165, 1.54) is 9.80 Å². The van der Waals surface area contributed by atoms with Crippen molar-refractivity contribution in [3.8, 4) is 23.0 Å². The zero-order valence-corrected chi connectivity index (χ0v) is 17.0. The van der Waals surface area contributed by atoms with Gasteiger partial charge >= 0.3 is 0 Å². The Hall–Kier alpha value is -3.22. The Kier molecular flexibility index (Phi) is 5.79. The van der Waals surface area contributed by atoms with E-state index >= 15 is 0 Å². The number of rotatable bonds is 6. The molecule has 0 amide bonds. The number of methoxy groups -OCH3 is 1. The highest BCUT2D eigenvalue weighted by Crippen LogP contribution is 2.31. The highest BCUT2D eigenvalue weighted by Gasteiger charge is 2.43. The van der Waals surface area contributed by atoms with E-state index in [-0.39, 0.29) is 23.4 Å². The van der Waals surface area contributed by atoms with Crippen LogP contribution in [-0.2, 0) is 13.1 Å². The van der Waals surface area contributed by atoms with Crippen molar-refractivity contribution in [1.82, 2.24) is 0 Å². The second-order valence-electron chi connectivity index (χ2n) is 7.76. The first kappa shape index (κ1) is 20.1. The Morgan fingerprint density at radius 1 is 0.767 bits per heavy atom. The van der Waals surface area contributed by atoms with Gasteiger partial charge in [0, 0.05) is 11.1 Å². The lowest BCUT2D eigenvalue weighted by molar-refractivity contribution is -1.09. The number of benzene rings is 3. The maximum Gasteiger partial charge on any atom is 0.244 e. The summed E-state index contributed by atoms with van der Waals surface area (Å²) in [5, 5.41) is 31.4. The first-order valence-electron chi connectivity index (χ1n) is 10.2. The van der Waals surface area contributed by atoms with E-state index in [1.807, 2.05) is 48.5 Å². The topological polar surface area (TPSA) is 78.8 Å². The Labute approximate surface area is 176 Å². The molecule has 0 bridgehead atoms. The number of phenolic OH excluding ortho intramolecular Hbond substituents is 3. The summed E-state index contributed by atoms with van der Waals surface area (Å²) in [5.41, 5.74) is 2.56. The van der Waals surface area contributed by atoms with Crippen LogP contribution in [0, 0.1) is 0 Å². The maximum absolute atomic E-state index is 10.9. The van der Waals surface area contributed by atoms with Crippen molar-refractivity contribution < 1.29 is 29.9 Å². The van der Waals surface area contributed by atoms with Gasteiger partial charge in [0.15, 0.2) is 11.5 Å². The predicted molar refractivity (Wildman–Crippen MR) is 113 cm³/mol. The van der Waals surface area contributed by atoms with Crippen molar-refractivity contribution in [1.29, 1.82) is 0 Å². The number of hydrogen-bond donors (Lipinski definition) is 5. The maximum atomic E-state index is 10.9. The molecule has 1 fully saturated rings. The van der Waals surface area contributed by atoms with Crippen LogP contribution in [-0.4, -0.2) is 35.5 Å². The van der Waals surface area contributed by atoms with E-state index in [4.69, 9.17) is 4.74 Å². The molecular formula is C24H28N2O4+2. The highest BCUT2D eigenvalue weighted by molar-refractivity contribution is 5.46. The van der Waals surface area contributed by atoms with Crippen LogP contribution in [0.15, 0.2) is 66.7 Å². The summed E-state index contributed by atoms with van der Waals surface area (Å²) in [4.78, 5) is 2.48. The smallest absolute Gasteiger partial charge is 0.244 e. The Morgan fingerprint density at radius 2 is 1.30 bits per heavy atom. The molecule has 1 aliphatic rings. The molecule has 1 saturated heterocycles. The first-order valence-corrected chi connectivity index (χ1v) is 10.2. The summed E-state index contributed by atoms with van der Waals surface area (Å²) in [7, 11) is 1.55. The number of nitrogens with one attached hydrogen (secondary N) is 2. The molecule has 0 aliphatic carbocycles. The van der Waals surface area contributed by atoms with Crippen LogP contribution >= 0.6 is 0 Å². The SMILES string of the molecule is COc1cccc(C2[NH+](Cc3ccccc3O)CC[NH+]2Cc2ccccc2O)c1O. The molecule has 6 nitrogen and oxygen atoms in total. The van der Waals surface area contributed by atoms with Gasteiger partial charge in [-0.1, -0.05) is 30.3 Å². The first-order chi connectivity index (χ1) is 14.6. The average molecular weight is 408 g/mol. The second-order valence-corrected chi connectivity index (χ2v) is 7.76. The molecule has 2 unspecified atom stereocenters. The predicted octanol–water partition coefficient (Wildman–Crippen LogP) is 0.994. The van der Waals surface area contributed by atoms with Crippen LogP contribution in [0.3, 0.4) is 0 Å². The number of hydrogen-bond acceptors (Lipinski definition) is 4. The summed E-state index contributed by atoms with van der Waals surface area (Å²) in [6.07, 6.45) is -0.0701. The van der Waals surface area contributed by atoms with Crippen LogP contribution in [0.25, 0.3) is 0 Å². The highest BCUT2D eigenvalue weighted by atomic mass is 16.5. The summed E-state index contributed by atoms with van der Waals surface area (Å²) in [6, 6.07) is 20.3. The molecule has 0 radical (unpaired) electrons. The fraction of sp³-hybridized carbons (Fsp3) is 0.250. The minimum atomic E-state index is -0.0701. The Bertz CT molecular complexity index is 968. The van der Waals surface area contributed by atoms with Gasteiger partial charge in [-0.05, 0) is 36.4 Å². The molecule has 1 aliphatic heterocycles. The van der Waals surface area contributed by atoms with Crippen molar-refractivity contribution in [3.63, 3.8) is 0 Å². The molecule has 156 valence electrons. The molecule has 0 spiro atoms. The summed E-state index contributed by atoms with van der Waals surface area (Å²) in [6.45, 7) is 3.02. The minimum absolute atomic E-state index is 0.0701. The summed E-state index contributed by atoms with van der Waals surface area (Å²) < 4.78 is 5.34. The zero-order valence-electron chi connectivity index (χ0n) is 17.0. The van der Waals surface area contributed by atoms with Crippen LogP contribution in [0.4, 0.5) is 0 Å². The van der Waals surface area contributed by atoms with Gasteiger partial charge in [-0.2, -0.15) is 0 Å². The summed E-state index contributed by atoms with van der Waals surface area (Å²) >= 11 is 0. The monoisotopic (exact) mass is 408 g/mol. The minimum Gasteiger partial charge on any atom is -0.507 e. The van der Waals surface area contributed by atoms with Crippen LogP contribution in [0.2, 0.25) is 0 Å². The molecule has 6 heteroatoms. The molecule has 4 rings (SSSR count).